The second-order valence-electron chi connectivity index (χ2n) is 12.9. The number of imidazole rings is 1. The van der Waals surface area contributed by atoms with Crippen molar-refractivity contribution in [2.45, 2.75) is 70.2 Å². The summed E-state index contributed by atoms with van der Waals surface area (Å²) in [5.74, 6) is -2.13. The van der Waals surface area contributed by atoms with Gasteiger partial charge in [-0.25, -0.2) is 18.7 Å². The molecule has 8 nitrogen and oxygen atoms in total. The number of alkyl halides is 2. The van der Waals surface area contributed by atoms with Gasteiger partial charge in [0.25, 0.3) is 11.8 Å². The van der Waals surface area contributed by atoms with E-state index >= 15 is 8.78 Å². The zero-order valence-corrected chi connectivity index (χ0v) is 25.6. The van der Waals surface area contributed by atoms with Gasteiger partial charge in [0.1, 0.15) is 16.9 Å². The van der Waals surface area contributed by atoms with Crippen molar-refractivity contribution in [3.05, 3.63) is 77.5 Å². The summed E-state index contributed by atoms with van der Waals surface area (Å²) in [5, 5.41) is 4.36. The van der Waals surface area contributed by atoms with E-state index in [1.165, 1.54) is 0 Å². The predicted molar refractivity (Wildman–Crippen MR) is 169 cm³/mol. The van der Waals surface area contributed by atoms with Crippen LogP contribution in [0.4, 0.5) is 8.78 Å². The molecular formula is C35H36F2N6O2. The molecule has 0 radical (unpaired) electrons. The molecule has 2 bridgehead atoms. The number of nitrogens with one attached hydrogen (secondary N) is 1. The van der Waals surface area contributed by atoms with Gasteiger partial charge in [-0.15, -0.1) is 0 Å². The number of hydrogen-bond acceptors (Lipinski definition) is 5. The number of aryl methyl sites for hydroxylation is 1. The SMILES string of the molecule is COc1cc(C(=O)N2C[C@@H](C)[C@H]3N[C@H]32)cc2nc3n(c12)Cc1cccc(c1)[C@@H](C)C(F)(F)CCCCn1c-3cc2cccnc21. The number of likely N-dealkylation sites (tertiary alicyclic amines) is 1. The number of nitrogens with zero attached hydrogens (tertiary/aromatic N) is 5. The summed E-state index contributed by atoms with van der Waals surface area (Å²) < 4.78 is 41.0. The number of fused-ring (bicyclic) bond motifs is 10. The third-order valence-corrected chi connectivity index (χ3v) is 10.0. The van der Waals surface area contributed by atoms with Crippen molar-refractivity contribution < 1.29 is 18.3 Å². The Morgan fingerprint density at radius 1 is 1.07 bits per heavy atom. The van der Waals surface area contributed by atoms with Crippen molar-refractivity contribution in [1.82, 2.24) is 29.3 Å². The molecule has 2 aromatic carbocycles. The Kier molecular flexibility index (Phi) is 6.50. The van der Waals surface area contributed by atoms with Crippen molar-refractivity contribution in [3.8, 4) is 17.3 Å². The third kappa shape index (κ3) is 4.60. The molecule has 0 aliphatic carbocycles. The van der Waals surface area contributed by atoms with Gasteiger partial charge in [-0.3, -0.25) is 10.1 Å². The Morgan fingerprint density at radius 3 is 2.71 bits per heavy atom. The van der Waals surface area contributed by atoms with Crippen molar-refractivity contribution in [1.29, 1.82) is 0 Å². The van der Waals surface area contributed by atoms with E-state index in [1.807, 2.05) is 47.4 Å². The van der Waals surface area contributed by atoms with E-state index in [-0.39, 0.29) is 18.5 Å². The van der Waals surface area contributed by atoms with Gasteiger partial charge in [-0.2, -0.15) is 0 Å². The van der Waals surface area contributed by atoms with Crippen LogP contribution in [-0.2, 0) is 13.1 Å². The molecule has 6 heterocycles. The minimum absolute atomic E-state index is 0.0463. The lowest BCUT2D eigenvalue weighted by atomic mass is 9.90. The van der Waals surface area contributed by atoms with Crippen molar-refractivity contribution in [3.63, 3.8) is 0 Å². The second kappa shape index (κ2) is 10.4. The van der Waals surface area contributed by atoms with Crippen LogP contribution in [0, 0.1) is 5.92 Å². The first-order valence-electron chi connectivity index (χ1n) is 15.8. The smallest absolute Gasteiger partial charge is 0.255 e. The first-order chi connectivity index (χ1) is 21.7. The number of methoxy groups -OCH3 is 1. The highest BCUT2D eigenvalue weighted by atomic mass is 19.3. The zero-order chi connectivity index (χ0) is 31.0. The molecule has 0 unspecified atom stereocenters. The van der Waals surface area contributed by atoms with Gasteiger partial charge in [-0.05, 0) is 60.2 Å². The average molecular weight is 611 g/mol. The van der Waals surface area contributed by atoms with Crippen LogP contribution in [0.1, 0.15) is 60.5 Å². The van der Waals surface area contributed by atoms with Gasteiger partial charge >= 0.3 is 0 Å². The van der Waals surface area contributed by atoms with Crippen LogP contribution >= 0.6 is 0 Å². The summed E-state index contributed by atoms with van der Waals surface area (Å²) in [7, 11) is 1.60. The molecule has 2 saturated heterocycles. The van der Waals surface area contributed by atoms with Crippen LogP contribution in [0.25, 0.3) is 33.6 Å². The highest BCUT2D eigenvalue weighted by Crippen LogP contribution is 2.40. The molecule has 232 valence electrons. The van der Waals surface area contributed by atoms with Gasteiger partial charge in [0.15, 0.2) is 5.82 Å². The zero-order valence-electron chi connectivity index (χ0n) is 25.6. The Labute approximate surface area is 260 Å². The molecular weight excluding hydrogens is 574 g/mol. The topological polar surface area (TPSA) is 87.1 Å². The molecule has 0 spiro atoms. The third-order valence-electron chi connectivity index (χ3n) is 10.0. The maximum absolute atomic E-state index is 15.4. The van der Waals surface area contributed by atoms with Crippen LogP contribution in [0.2, 0.25) is 0 Å². The highest BCUT2D eigenvalue weighted by molar-refractivity contribution is 6.00. The lowest BCUT2D eigenvalue weighted by Gasteiger charge is -2.25. The van der Waals surface area contributed by atoms with Crippen LogP contribution < -0.4 is 10.1 Å². The molecule has 10 heteroatoms. The average Bonchev–Trinajstić information content (AvgIpc) is 3.50. The number of halogens is 2. The number of rotatable bonds is 2. The molecule has 1 amide bonds. The molecule has 0 saturated carbocycles. The fraction of sp³-hybridized carbons (Fsp3) is 0.400. The summed E-state index contributed by atoms with van der Waals surface area (Å²) in [5.41, 5.74) is 5.06. The van der Waals surface area contributed by atoms with Crippen LogP contribution in [-0.4, -0.2) is 61.7 Å². The molecule has 3 aliphatic heterocycles. The monoisotopic (exact) mass is 610 g/mol. The van der Waals surface area contributed by atoms with E-state index in [4.69, 9.17) is 9.72 Å². The summed E-state index contributed by atoms with van der Waals surface area (Å²) >= 11 is 0. The van der Waals surface area contributed by atoms with E-state index in [0.29, 0.717) is 72.7 Å². The molecule has 2 fully saturated rings. The number of amides is 1. The normalized spacial score (nSPS) is 24.2. The standard InChI is InChI=1S/C35H36F2N6O2/c1-20-18-43(33-29(20)40-33)34(44)25-15-26-30(28(17-25)45-3)42-19-22-8-6-9-23(14-22)21(2)35(36,37)11-4-5-13-41-27(32(42)39-26)16-24-10-7-12-38-31(24)41/h6-10,12,14-17,20-21,29,33,40H,4-5,11,13,18-19H2,1-3H3/t20-,21-,29-,33+/m1/s1. The van der Waals surface area contributed by atoms with E-state index in [2.05, 4.69) is 32.4 Å². The van der Waals surface area contributed by atoms with Gasteiger partial charge in [-0.1, -0.05) is 38.1 Å². The number of carbonyl (C=O) groups is 1. The second-order valence-corrected chi connectivity index (χ2v) is 12.9. The number of pyridine rings is 1. The molecule has 4 atom stereocenters. The fourth-order valence-electron chi connectivity index (χ4n) is 7.40. The number of aromatic nitrogens is 4. The van der Waals surface area contributed by atoms with Crippen LogP contribution in [0.3, 0.4) is 0 Å². The molecule has 1 N–H and O–H groups in total. The van der Waals surface area contributed by atoms with Gasteiger partial charge < -0.3 is 18.8 Å². The highest BCUT2D eigenvalue weighted by Gasteiger charge is 2.53. The van der Waals surface area contributed by atoms with E-state index in [1.54, 1.807) is 26.3 Å². The number of benzene rings is 2. The minimum Gasteiger partial charge on any atom is -0.494 e. The van der Waals surface area contributed by atoms with E-state index in [9.17, 15) is 4.79 Å². The van der Waals surface area contributed by atoms with Crippen molar-refractivity contribution in [2.24, 2.45) is 5.92 Å². The number of carbonyl (C=O) groups excluding carboxylic acids is 1. The fourth-order valence-corrected chi connectivity index (χ4v) is 7.40. The van der Waals surface area contributed by atoms with Crippen LogP contribution in [0.15, 0.2) is 60.8 Å². The summed E-state index contributed by atoms with van der Waals surface area (Å²) in [6.07, 6.45) is 2.60. The predicted octanol–water partition coefficient (Wildman–Crippen LogP) is 6.42. The molecule has 5 aromatic rings. The van der Waals surface area contributed by atoms with Crippen molar-refractivity contribution in [2.75, 3.05) is 13.7 Å². The Hall–Kier alpha value is -4.31. The Bertz CT molecular complexity index is 1960. The van der Waals surface area contributed by atoms with E-state index in [0.717, 1.165) is 27.8 Å². The largest absolute Gasteiger partial charge is 0.494 e. The van der Waals surface area contributed by atoms with Gasteiger partial charge in [0, 0.05) is 55.2 Å². The summed E-state index contributed by atoms with van der Waals surface area (Å²) in [6.45, 7) is 5.40. The quantitative estimate of drug-likeness (QED) is 0.233. The summed E-state index contributed by atoms with van der Waals surface area (Å²) in [6, 6.07) is 17.5. The Balaban J connectivity index is 1.34. The Morgan fingerprint density at radius 2 is 1.93 bits per heavy atom. The molecule has 3 aliphatic rings. The molecule has 8 rings (SSSR count). The number of hydrogen-bond donors (Lipinski definition) is 1. The van der Waals surface area contributed by atoms with Gasteiger partial charge in [0.05, 0.1) is 24.5 Å². The van der Waals surface area contributed by atoms with Gasteiger partial charge in [0.2, 0.25) is 0 Å². The molecule has 3 aromatic heterocycles. The van der Waals surface area contributed by atoms with Crippen molar-refractivity contribution >= 4 is 28.0 Å². The van der Waals surface area contributed by atoms with E-state index < -0.39 is 11.8 Å². The minimum atomic E-state index is -2.83. The lowest BCUT2D eigenvalue weighted by Crippen LogP contribution is -2.35. The lowest BCUT2D eigenvalue weighted by molar-refractivity contribution is -0.0327. The maximum Gasteiger partial charge on any atom is 0.255 e. The first-order valence-corrected chi connectivity index (χ1v) is 15.8. The summed E-state index contributed by atoms with van der Waals surface area (Å²) in [4.78, 5) is 25.5. The number of ether oxygens (including phenoxy) is 1. The maximum atomic E-state index is 15.4. The van der Waals surface area contributed by atoms with Crippen LogP contribution in [0.5, 0.6) is 5.75 Å². The molecule has 45 heavy (non-hydrogen) atoms. The first kappa shape index (κ1) is 28.2.